The highest BCUT2D eigenvalue weighted by atomic mass is 127. The SMILES string of the molecule is COc1ccc(NC(N)=NCCCOc2cccc(OC)c2)cc1.I. The fraction of sp³-hybridized carbons (Fsp3) is 0.278. The molecule has 0 saturated heterocycles. The van der Waals surface area contributed by atoms with Crippen LogP contribution in [-0.4, -0.2) is 33.3 Å². The van der Waals surface area contributed by atoms with Crippen molar-refractivity contribution in [3.05, 3.63) is 48.5 Å². The van der Waals surface area contributed by atoms with Crippen molar-refractivity contribution in [1.29, 1.82) is 0 Å². The van der Waals surface area contributed by atoms with Crippen molar-refractivity contribution < 1.29 is 14.2 Å². The lowest BCUT2D eigenvalue weighted by Crippen LogP contribution is -2.23. The second-order valence-electron chi connectivity index (χ2n) is 5.00. The van der Waals surface area contributed by atoms with E-state index in [1.807, 2.05) is 48.5 Å². The van der Waals surface area contributed by atoms with Gasteiger partial charge in [-0.1, -0.05) is 6.07 Å². The number of nitrogens with one attached hydrogen (secondary N) is 1. The van der Waals surface area contributed by atoms with E-state index in [1.165, 1.54) is 0 Å². The van der Waals surface area contributed by atoms with Gasteiger partial charge in [-0.25, -0.2) is 0 Å². The molecule has 0 aliphatic carbocycles. The number of hydrogen-bond donors (Lipinski definition) is 2. The molecule has 136 valence electrons. The number of halogens is 1. The predicted molar refractivity (Wildman–Crippen MR) is 112 cm³/mol. The number of anilines is 1. The average molecular weight is 457 g/mol. The first-order valence-corrected chi connectivity index (χ1v) is 7.69. The molecule has 6 nitrogen and oxygen atoms in total. The maximum atomic E-state index is 5.86. The molecular weight excluding hydrogens is 433 g/mol. The third-order valence-corrected chi connectivity index (χ3v) is 3.26. The summed E-state index contributed by atoms with van der Waals surface area (Å²) < 4.78 is 15.9. The van der Waals surface area contributed by atoms with Crippen molar-refractivity contribution in [2.24, 2.45) is 10.7 Å². The molecule has 0 unspecified atom stereocenters. The zero-order chi connectivity index (χ0) is 17.2. The highest BCUT2D eigenvalue weighted by Gasteiger charge is 1.98. The molecular formula is C18H24IN3O3. The van der Waals surface area contributed by atoms with Gasteiger partial charge in [-0.05, 0) is 36.4 Å². The van der Waals surface area contributed by atoms with Gasteiger partial charge in [-0.3, -0.25) is 4.99 Å². The van der Waals surface area contributed by atoms with Crippen LogP contribution >= 0.6 is 24.0 Å². The zero-order valence-electron chi connectivity index (χ0n) is 14.4. The third kappa shape index (κ3) is 7.51. The van der Waals surface area contributed by atoms with E-state index < -0.39 is 0 Å². The molecule has 0 aromatic heterocycles. The van der Waals surface area contributed by atoms with Crippen LogP contribution in [-0.2, 0) is 0 Å². The van der Waals surface area contributed by atoms with Crippen LogP contribution in [0.1, 0.15) is 6.42 Å². The molecule has 2 aromatic carbocycles. The Balaban J connectivity index is 0.00000312. The largest absolute Gasteiger partial charge is 0.497 e. The maximum absolute atomic E-state index is 5.86. The Morgan fingerprint density at radius 2 is 1.68 bits per heavy atom. The Morgan fingerprint density at radius 3 is 2.36 bits per heavy atom. The minimum Gasteiger partial charge on any atom is -0.497 e. The normalized spacial score (nSPS) is 10.6. The standard InChI is InChI=1S/C18H23N3O3.HI/c1-22-15-9-7-14(8-10-15)21-18(19)20-11-4-12-24-17-6-3-5-16(13-17)23-2;/h3,5-10,13H,4,11-12H2,1-2H3,(H3,19,20,21);1H. The van der Waals surface area contributed by atoms with Crippen molar-refractivity contribution in [3.63, 3.8) is 0 Å². The molecule has 2 aromatic rings. The van der Waals surface area contributed by atoms with Crippen LogP contribution in [0.15, 0.2) is 53.5 Å². The van der Waals surface area contributed by atoms with E-state index >= 15 is 0 Å². The Bertz CT molecular complexity index is 663. The van der Waals surface area contributed by atoms with Crippen molar-refractivity contribution in [2.45, 2.75) is 6.42 Å². The number of aliphatic imine (C=N–C) groups is 1. The molecule has 0 aliphatic rings. The van der Waals surface area contributed by atoms with Crippen LogP contribution in [0.5, 0.6) is 17.2 Å². The van der Waals surface area contributed by atoms with Gasteiger partial charge in [0.15, 0.2) is 5.96 Å². The third-order valence-electron chi connectivity index (χ3n) is 3.26. The van der Waals surface area contributed by atoms with Gasteiger partial charge in [0.2, 0.25) is 0 Å². The van der Waals surface area contributed by atoms with E-state index in [1.54, 1.807) is 14.2 Å². The van der Waals surface area contributed by atoms with Crippen LogP contribution in [0.3, 0.4) is 0 Å². The fourth-order valence-electron chi connectivity index (χ4n) is 2.01. The molecule has 0 radical (unpaired) electrons. The topological polar surface area (TPSA) is 78.1 Å². The molecule has 25 heavy (non-hydrogen) atoms. The Morgan fingerprint density at radius 1 is 1.00 bits per heavy atom. The number of methoxy groups -OCH3 is 2. The first-order chi connectivity index (χ1) is 11.7. The summed E-state index contributed by atoms with van der Waals surface area (Å²) in [4.78, 5) is 4.27. The van der Waals surface area contributed by atoms with Crippen LogP contribution in [0.4, 0.5) is 5.69 Å². The second-order valence-corrected chi connectivity index (χ2v) is 5.00. The van der Waals surface area contributed by atoms with Crippen molar-refractivity contribution in [3.8, 4) is 17.2 Å². The quantitative estimate of drug-likeness (QED) is 0.275. The zero-order valence-corrected chi connectivity index (χ0v) is 16.7. The monoisotopic (exact) mass is 457 g/mol. The smallest absolute Gasteiger partial charge is 0.193 e. The van der Waals surface area contributed by atoms with Gasteiger partial charge in [0, 0.05) is 24.7 Å². The van der Waals surface area contributed by atoms with Gasteiger partial charge in [0.25, 0.3) is 0 Å². The van der Waals surface area contributed by atoms with E-state index in [0.29, 0.717) is 19.1 Å². The Kier molecular flexibility index (Phi) is 9.53. The van der Waals surface area contributed by atoms with E-state index in [-0.39, 0.29) is 24.0 Å². The predicted octanol–water partition coefficient (Wildman–Crippen LogP) is 3.52. The van der Waals surface area contributed by atoms with E-state index in [2.05, 4.69) is 10.3 Å². The molecule has 0 fully saturated rings. The van der Waals surface area contributed by atoms with E-state index in [0.717, 1.165) is 29.4 Å². The first kappa shape index (κ1) is 20.9. The van der Waals surface area contributed by atoms with E-state index in [4.69, 9.17) is 19.9 Å². The Hall–Kier alpha value is -2.16. The molecule has 0 saturated carbocycles. The highest BCUT2D eigenvalue weighted by Crippen LogP contribution is 2.18. The summed E-state index contributed by atoms with van der Waals surface area (Å²) in [5.74, 6) is 2.73. The fourth-order valence-corrected chi connectivity index (χ4v) is 2.01. The highest BCUT2D eigenvalue weighted by molar-refractivity contribution is 14.0. The number of guanidine groups is 1. The summed E-state index contributed by atoms with van der Waals surface area (Å²) >= 11 is 0. The first-order valence-electron chi connectivity index (χ1n) is 7.69. The molecule has 3 N–H and O–H groups in total. The minimum atomic E-state index is 0. The number of nitrogens with zero attached hydrogens (tertiary/aromatic N) is 1. The molecule has 0 bridgehead atoms. The van der Waals surface area contributed by atoms with Gasteiger partial charge in [-0.2, -0.15) is 0 Å². The van der Waals surface area contributed by atoms with Gasteiger partial charge in [-0.15, -0.1) is 24.0 Å². The number of rotatable bonds is 8. The molecule has 0 spiro atoms. The van der Waals surface area contributed by atoms with Crippen LogP contribution < -0.4 is 25.3 Å². The van der Waals surface area contributed by atoms with Crippen LogP contribution in [0.25, 0.3) is 0 Å². The molecule has 0 amide bonds. The van der Waals surface area contributed by atoms with Gasteiger partial charge >= 0.3 is 0 Å². The minimum absolute atomic E-state index is 0. The summed E-state index contributed by atoms with van der Waals surface area (Å²) in [6.07, 6.45) is 0.766. The lowest BCUT2D eigenvalue weighted by atomic mass is 10.3. The molecule has 0 heterocycles. The summed E-state index contributed by atoms with van der Waals surface area (Å²) in [5.41, 5.74) is 6.72. The molecule has 2 rings (SSSR count). The molecule has 0 aliphatic heterocycles. The Labute approximate surface area is 165 Å². The van der Waals surface area contributed by atoms with E-state index in [9.17, 15) is 0 Å². The number of ether oxygens (including phenoxy) is 3. The van der Waals surface area contributed by atoms with Gasteiger partial charge in [0.1, 0.15) is 17.2 Å². The molecule has 0 atom stereocenters. The maximum Gasteiger partial charge on any atom is 0.193 e. The summed E-state index contributed by atoms with van der Waals surface area (Å²) in [6, 6.07) is 15.0. The average Bonchev–Trinajstić information content (AvgIpc) is 2.62. The lowest BCUT2D eigenvalue weighted by molar-refractivity contribution is 0.311. The van der Waals surface area contributed by atoms with Crippen molar-refractivity contribution >= 4 is 35.6 Å². The molecule has 7 heteroatoms. The van der Waals surface area contributed by atoms with Crippen molar-refractivity contribution in [1.82, 2.24) is 0 Å². The summed E-state index contributed by atoms with van der Waals surface area (Å²) in [7, 11) is 3.26. The summed E-state index contributed by atoms with van der Waals surface area (Å²) in [5, 5.41) is 3.03. The second kappa shape index (κ2) is 11.4. The van der Waals surface area contributed by atoms with Crippen LogP contribution in [0.2, 0.25) is 0 Å². The summed E-state index contributed by atoms with van der Waals surface area (Å²) in [6.45, 7) is 1.14. The van der Waals surface area contributed by atoms with Gasteiger partial charge in [0.05, 0.1) is 20.8 Å². The van der Waals surface area contributed by atoms with Crippen molar-refractivity contribution in [2.75, 3.05) is 32.7 Å². The number of benzene rings is 2. The number of hydrogen-bond acceptors (Lipinski definition) is 4. The van der Waals surface area contributed by atoms with Crippen LogP contribution in [0, 0.1) is 0 Å². The lowest BCUT2D eigenvalue weighted by Gasteiger charge is -2.08. The van der Waals surface area contributed by atoms with Gasteiger partial charge < -0.3 is 25.3 Å². The number of nitrogens with two attached hydrogens (primary N) is 1.